The average Bonchev–Trinajstić information content (AvgIpc) is 3.23. The highest BCUT2D eigenvalue weighted by Gasteiger charge is 2.28. The SMILES string of the molecule is CC(C)CO[C@@H](C)c1noc(CN2CCC[C@H]2c2ccc(Br)cn2)n1. The van der Waals surface area contributed by atoms with Crippen LogP contribution in [0, 0.1) is 5.92 Å². The van der Waals surface area contributed by atoms with Crippen molar-refractivity contribution in [2.75, 3.05) is 13.2 Å². The summed E-state index contributed by atoms with van der Waals surface area (Å²) < 4.78 is 12.2. The third kappa shape index (κ3) is 4.86. The van der Waals surface area contributed by atoms with Gasteiger partial charge in [-0.05, 0) is 60.3 Å². The first-order valence-corrected chi connectivity index (χ1v) is 9.62. The van der Waals surface area contributed by atoms with Crippen LogP contribution in [-0.4, -0.2) is 33.2 Å². The van der Waals surface area contributed by atoms with E-state index in [1.54, 1.807) is 0 Å². The number of aromatic nitrogens is 3. The molecule has 3 rings (SSSR count). The molecule has 136 valence electrons. The van der Waals surface area contributed by atoms with Crippen LogP contribution < -0.4 is 0 Å². The molecule has 7 heteroatoms. The van der Waals surface area contributed by atoms with Gasteiger partial charge in [0, 0.05) is 17.3 Å². The molecule has 1 saturated heterocycles. The van der Waals surface area contributed by atoms with Crippen LogP contribution in [0.2, 0.25) is 0 Å². The van der Waals surface area contributed by atoms with Gasteiger partial charge in [0.25, 0.3) is 0 Å². The molecular weight excluding hydrogens is 384 g/mol. The molecule has 6 nitrogen and oxygen atoms in total. The summed E-state index contributed by atoms with van der Waals surface area (Å²) in [6, 6.07) is 4.42. The van der Waals surface area contributed by atoms with E-state index in [1.807, 2.05) is 19.2 Å². The number of hydrogen-bond acceptors (Lipinski definition) is 6. The summed E-state index contributed by atoms with van der Waals surface area (Å²) >= 11 is 3.44. The lowest BCUT2D eigenvalue weighted by molar-refractivity contribution is 0.0402. The van der Waals surface area contributed by atoms with Gasteiger partial charge in [-0.15, -0.1) is 0 Å². The minimum Gasteiger partial charge on any atom is -0.370 e. The number of nitrogens with zero attached hydrogens (tertiary/aromatic N) is 4. The van der Waals surface area contributed by atoms with Crippen molar-refractivity contribution in [3.8, 4) is 0 Å². The van der Waals surface area contributed by atoms with E-state index < -0.39 is 0 Å². The smallest absolute Gasteiger partial charge is 0.240 e. The lowest BCUT2D eigenvalue weighted by Gasteiger charge is -2.22. The fourth-order valence-corrected chi connectivity index (χ4v) is 3.25. The first kappa shape index (κ1) is 18.5. The van der Waals surface area contributed by atoms with Crippen molar-refractivity contribution in [2.45, 2.75) is 52.3 Å². The lowest BCUT2D eigenvalue weighted by atomic mass is 10.1. The fourth-order valence-electron chi connectivity index (χ4n) is 3.02. The van der Waals surface area contributed by atoms with E-state index in [-0.39, 0.29) is 6.10 Å². The van der Waals surface area contributed by atoms with Gasteiger partial charge in [-0.3, -0.25) is 9.88 Å². The summed E-state index contributed by atoms with van der Waals surface area (Å²) in [4.78, 5) is 11.4. The minimum absolute atomic E-state index is 0.151. The van der Waals surface area contributed by atoms with Crippen LogP contribution in [0.25, 0.3) is 0 Å². The first-order valence-electron chi connectivity index (χ1n) is 8.82. The number of likely N-dealkylation sites (tertiary alicyclic amines) is 1. The summed E-state index contributed by atoms with van der Waals surface area (Å²) in [5.41, 5.74) is 1.09. The molecule has 2 atom stereocenters. The molecule has 2 aromatic rings. The van der Waals surface area contributed by atoms with Gasteiger partial charge in [-0.25, -0.2) is 0 Å². The maximum atomic E-state index is 5.76. The molecular formula is C18H25BrN4O2. The second-order valence-electron chi connectivity index (χ2n) is 6.95. The van der Waals surface area contributed by atoms with E-state index in [2.05, 4.69) is 55.9 Å². The van der Waals surface area contributed by atoms with Crippen molar-refractivity contribution in [3.63, 3.8) is 0 Å². The Bertz CT molecular complexity index is 674. The summed E-state index contributed by atoms with van der Waals surface area (Å²) in [6.07, 6.45) is 3.95. The molecule has 0 N–H and O–H groups in total. The van der Waals surface area contributed by atoms with Crippen LogP contribution in [0.5, 0.6) is 0 Å². The molecule has 2 aromatic heterocycles. The van der Waals surface area contributed by atoms with Gasteiger partial charge in [0.2, 0.25) is 5.89 Å². The van der Waals surface area contributed by atoms with Crippen molar-refractivity contribution in [2.24, 2.45) is 5.92 Å². The van der Waals surface area contributed by atoms with E-state index in [4.69, 9.17) is 9.26 Å². The van der Waals surface area contributed by atoms with Gasteiger partial charge in [0.15, 0.2) is 5.82 Å². The molecule has 1 aliphatic rings. The molecule has 0 radical (unpaired) electrons. The fraction of sp³-hybridized carbons (Fsp3) is 0.611. The standard InChI is InChI=1S/C18H25BrN4O2/c1-12(2)11-24-13(3)18-21-17(25-22-18)10-23-8-4-5-16(23)15-7-6-14(19)9-20-15/h6-7,9,12-13,16H,4-5,8,10-11H2,1-3H3/t13-,16-/m0/s1. The Kier molecular flexibility index (Phi) is 6.19. The van der Waals surface area contributed by atoms with Crippen molar-refractivity contribution < 1.29 is 9.26 Å². The van der Waals surface area contributed by atoms with Gasteiger partial charge in [-0.2, -0.15) is 4.98 Å². The van der Waals surface area contributed by atoms with Crippen LogP contribution in [-0.2, 0) is 11.3 Å². The van der Waals surface area contributed by atoms with Gasteiger partial charge in [0.05, 0.1) is 18.3 Å². The van der Waals surface area contributed by atoms with E-state index in [1.165, 1.54) is 0 Å². The van der Waals surface area contributed by atoms with Gasteiger partial charge in [-0.1, -0.05) is 19.0 Å². The molecule has 1 fully saturated rings. The number of halogens is 1. The van der Waals surface area contributed by atoms with E-state index in [9.17, 15) is 0 Å². The van der Waals surface area contributed by atoms with Crippen molar-refractivity contribution in [1.82, 2.24) is 20.0 Å². The normalized spacial score (nSPS) is 19.6. The number of rotatable bonds is 7. The maximum Gasteiger partial charge on any atom is 0.240 e. The van der Waals surface area contributed by atoms with Crippen molar-refractivity contribution >= 4 is 15.9 Å². The van der Waals surface area contributed by atoms with Crippen LogP contribution in [0.15, 0.2) is 27.3 Å². The predicted molar refractivity (Wildman–Crippen MR) is 97.8 cm³/mol. The number of hydrogen-bond donors (Lipinski definition) is 0. The van der Waals surface area contributed by atoms with E-state index in [0.717, 1.165) is 29.6 Å². The molecule has 0 aliphatic carbocycles. The third-order valence-corrected chi connectivity index (χ3v) is 4.79. The Morgan fingerprint density at radius 3 is 2.92 bits per heavy atom. The zero-order chi connectivity index (χ0) is 17.8. The zero-order valence-electron chi connectivity index (χ0n) is 15.0. The second kappa shape index (κ2) is 8.38. The summed E-state index contributed by atoms with van der Waals surface area (Å²) in [5, 5.41) is 4.09. The topological polar surface area (TPSA) is 64.3 Å². The Balaban J connectivity index is 1.62. The zero-order valence-corrected chi connectivity index (χ0v) is 16.6. The minimum atomic E-state index is -0.151. The predicted octanol–water partition coefficient (Wildman–Crippen LogP) is 4.30. The molecule has 0 spiro atoms. The molecule has 3 heterocycles. The van der Waals surface area contributed by atoms with E-state index in [0.29, 0.717) is 36.8 Å². The quantitative estimate of drug-likeness (QED) is 0.680. The summed E-state index contributed by atoms with van der Waals surface area (Å²) in [5.74, 6) is 1.74. The van der Waals surface area contributed by atoms with Crippen molar-refractivity contribution in [1.29, 1.82) is 0 Å². The van der Waals surface area contributed by atoms with Gasteiger partial charge >= 0.3 is 0 Å². The lowest BCUT2D eigenvalue weighted by Crippen LogP contribution is -2.23. The monoisotopic (exact) mass is 408 g/mol. The largest absolute Gasteiger partial charge is 0.370 e. The number of pyridine rings is 1. The van der Waals surface area contributed by atoms with E-state index >= 15 is 0 Å². The first-order chi connectivity index (χ1) is 12.0. The van der Waals surface area contributed by atoms with Crippen LogP contribution in [0.4, 0.5) is 0 Å². The third-order valence-electron chi connectivity index (χ3n) is 4.32. The molecule has 0 saturated carbocycles. The molecule has 0 unspecified atom stereocenters. The highest BCUT2D eigenvalue weighted by Crippen LogP contribution is 2.32. The number of ether oxygens (including phenoxy) is 1. The molecule has 0 bridgehead atoms. The van der Waals surface area contributed by atoms with Crippen LogP contribution in [0.3, 0.4) is 0 Å². The Morgan fingerprint density at radius 1 is 1.36 bits per heavy atom. The highest BCUT2D eigenvalue weighted by atomic mass is 79.9. The molecule has 0 aromatic carbocycles. The molecule has 1 aliphatic heterocycles. The molecule has 0 amide bonds. The van der Waals surface area contributed by atoms with Crippen LogP contribution in [0.1, 0.15) is 63.2 Å². The van der Waals surface area contributed by atoms with Crippen LogP contribution >= 0.6 is 15.9 Å². The Labute approximate surface area is 157 Å². The summed E-state index contributed by atoms with van der Waals surface area (Å²) in [7, 11) is 0. The highest BCUT2D eigenvalue weighted by molar-refractivity contribution is 9.10. The maximum absolute atomic E-state index is 5.76. The van der Waals surface area contributed by atoms with Crippen molar-refractivity contribution in [3.05, 3.63) is 40.2 Å². The Hall–Kier alpha value is -1.31. The second-order valence-corrected chi connectivity index (χ2v) is 7.86. The average molecular weight is 409 g/mol. The molecule has 25 heavy (non-hydrogen) atoms. The summed E-state index contributed by atoms with van der Waals surface area (Å²) in [6.45, 7) is 8.55. The van der Waals surface area contributed by atoms with Gasteiger partial charge < -0.3 is 9.26 Å². The Morgan fingerprint density at radius 2 is 2.20 bits per heavy atom. The van der Waals surface area contributed by atoms with Gasteiger partial charge in [0.1, 0.15) is 6.10 Å².